The van der Waals surface area contributed by atoms with Gasteiger partial charge in [-0.05, 0) is 12.1 Å². The standard InChI is InChI=1S/C22H17NO2/c24-21(16-10-4-1-5-11-16)19-20(22(25)17-12-6-2-7-13-17)23(19)18-14-8-3-9-15-18/h1-15,19-20H. The van der Waals surface area contributed by atoms with Crippen molar-refractivity contribution in [2.45, 2.75) is 12.1 Å². The Hall–Kier alpha value is -3.20. The fourth-order valence-electron chi connectivity index (χ4n) is 3.24. The Morgan fingerprint density at radius 2 is 0.920 bits per heavy atom. The molecule has 0 aromatic heterocycles. The van der Waals surface area contributed by atoms with Gasteiger partial charge in [0.1, 0.15) is 12.1 Å². The molecule has 0 N–H and O–H groups in total. The zero-order valence-electron chi connectivity index (χ0n) is 13.6. The SMILES string of the molecule is O=C(c1ccccc1)C1C(C(=O)c2ccccc2)N1c1ccccc1. The molecule has 1 heterocycles. The molecule has 0 radical (unpaired) electrons. The Morgan fingerprint density at radius 3 is 1.32 bits per heavy atom. The molecule has 3 heteroatoms. The van der Waals surface area contributed by atoms with Gasteiger partial charge in [0.15, 0.2) is 11.6 Å². The molecule has 0 bridgehead atoms. The number of carbonyl (C=O) groups is 2. The number of hydrogen-bond donors (Lipinski definition) is 0. The van der Waals surface area contributed by atoms with Crippen LogP contribution in [0.1, 0.15) is 20.7 Å². The average molecular weight is 327 g/mol. The number of benzene rings is 3. The van der Waals surface area contributed by atoms with E-state index >= 15 is 0 Å². The Bertz CT molecular complexity index is 834. The largest absolute Gasteiger partial charge is 0.346 e. The van der Waals surface area contributed by atoms with Gasteiger partial charge < -0.3 is 4.90 Å². The van der Waals surface area contributed by atoms with Crippen LogP contribution < -0.4 is 4.90 Å². The summed E-state index contributed by atoms with van der Waals surface area (Å²) in [6.07, 6.45) is 0. The molecule has 3 nitrogen and oxygen atoms in total. The fraction of sp³-hybridized carbons (Fsp3) is 0.0909. The molecule has 2 unspecified atom stereocenters. The first kappa shape index (κ1) is 15.3. The zero-order chi connectivity index (χ0) is 17.2. The van der Waals surface area contributed by atoms with Crippen LogP contribution >= 0.6 is 0 Å². The second-order valence-corrected chi connectivity index (χ2v) is 6.09. The minimum absolute atomic E-state index is 0.0151. The lowest BCUT2D eigenvalue weighted by Crippen LogP contribution is -2.16. The van der Waals surface area contributed by atoms with E-state index in [1.807, 2.05) is 71.6 Å². The van der Waals surface area contributed by atoms with Gasteiger partial charge in [-0.25, -0.2) is 0 Å². The van der Waals surface area contributed by atoms with Crippen LogP contribution in [0.4, 0.5) is 5.69 Å². The van der Waals surface area contributed by atoms with E-state index in [0.29, 0.717) is 11.1 Å². The van der Waals surface area contributed by atoms with E-state index in [2.05, 4.69) is 0 Å². The third-order valence-electron chi connectivity index (χ3n) is 4.52. The van der Waals surface area contributed by atoms with Crippen LogP contribution in [-0.4, -0.2) is 23.7 Å². The Morgan fingerprint density at radius 1 is 0.560 bits per heavy atom. The summed E-state index contributed by atoms with van der Waals surface area (Å²) in [6.45, 7) is 0. The number of carbonyl (C=O) groups excluding carboxylic acids is 2. The van der Waals surface area contributed by atoms with Crippen LogP contribution in [0.5, 0.6) is 0 Å². The van der Waals surface area contributed by atoms with E-state index in [9.17, 15) is 9.59 Å². The van der Waals surface area contributed by atoms with Crippen molar-refractivity contribution < 1.29 is 9.59 Å². The van der Waals surface area contributed by atoms with Crippen molar-refractivity contribution in [3.05, 3.63) is 102 Å². The molecule has 0 aliphatic carbocycles. The minimum Gasteiger partial charge on any atom is -0.346 e. The molecular weight excluding hydrogens is 310 g/mol. The lowest BCUT2D eigenvalue weighted by atomic mass is 10.0. The summed E-state index contributed by atoms with van der Waals surface area (Å²) < 4.78 is 0. The number of Topliss-reactive ketones (excluding diaryl/α,β-unsaturated/α-hetero) is 2. The van der Waals surface area contributed by atoms with Crippen LogP contribution in [0, 0.1) is 0 Å². The summed E-state index contributed by atoms with van der Waals surface area (Å²) in [5, 5.41) is 0. The normalized spacial score (nSPS) is 18.6. The van der Waals surface area contributed by atoms with Crippen LogP contribution in [0.25, 0.3) is 0 Å². The summed E-state index contributed by atoms with van der Waals surface area (Å²) in [5.41, 5.74) is 2.17. The number of nitrogens with zero attached hydrogens (tertiary/aromatic N) is 1. The Kier molecular flexibility index (Phi) is 3.90. The third-order valence-corrected chi connectivity index (χ3v) is 4.52. The molecule has 3 aromatic rings. The van der Waals surface area contributed by atoms with Gasteiger partial charge in [0.05, 0.1) is 0 Å². The highest BCUT2D eigenvalue weighted by molar-refractivity contribution is 6.16. The highest BCUT2D eigenvalue weighted by Gasteiger charge is 2.56. The fourth-order valence-corrected chi connectivity index (χ4v) is 3.24. The molecule has 3 aromatic carbocycles. The zero-order valence-corrected chi connectivity index (χ0v) is 13.6. The molecule has 1 saturated heterocycles. The monoisotopic (exact) mass is 327 g/mol. The number of ketones is 2. The van der Waals surface area contributed by atoms with Crippen molar-refractivity contribution in [2.24, 2.45) is 0 Å². The Labute approximate surface area is 146 Å². The summed E-state index contributed by atoms with van der Waals surface area (Å²) in [5.74, 6) is -0.0301. The van der Waals surface area contributed by atoms with Crippen LogP contribution in [0.3, 0.4) is 0 Å². The highest BCUT2D eigenvalue weighted by atomic mass is 16.1. The first-order valence-corrected chi connectivity index (χ1v) is 8.29. The van der Waals surface area contributed by atoms with E-state index in [4.69, 9.17) is 0 Å². The molecule has 0 amide bonds. The van der Waals surface area contributed by atoms with E-state index in [0.717, 1.165) is 5.69 Å². The molecule has 25 heavy (non-hydrogen) atoms. The third kappa shape index (κ3) is 2.85. The number of para-hydroxylation sites is 1. The van der Waals surface area contributed by atoms with E-state index < -0.39 is 12.1 Å². The maximum Gasteiger partial charge on any atom is 0.187 e. The smallest absolute Gasteiger partial charge is 0.187 e. The number of anilines is 1. The van der Waals surface area contributed by atoms with Crippen molar-refractivity contribution in [3.8, 4) is 0 Å². The van der Waals surface area contributed by atoms with Gasteiger partial charge in [0.25, 0.3) is 0 Å². The molecule has 4 rings (SSSR count). The topological polar surface area (TPSA) is 37.1 Å². The van der Waals surface area contributed by atoms with Gasteiger partial charge in [0.2, 0.25) is 0 Å². The van der Waals surface area contributed by atoms with E-state index in [-0.39, 0.29) is 11.6 Å². The first-order chi connectivity index (χ1) is 12.3. The summed E-state index contributed by atoms with van der Waals surface area (Å²) in [4.78, 5) is 27.8. The molecule has 1 aliphatic heterocycles. The van der Waals surface area contributed by atoms with Gasteiger partial charge in [0, 0.05) is 16.8 Å². The summed E-state index contributed by atoms with van der Waals surface area (Å²) >= 11 is 0. The van der Waals surface area contributed by atoms with Gasteiger partial charge in [-0.15, -0.1) is 0 Å². The summed E-state index contributed by atoms with van der Waals surface area (Å²) in [7, 11) is 0. The van der Waals surface area contributed by atoms with Crippen molar-refractivity contribution in [1.29, 1.82) is 0 Å². The second kappa shape index (κ2) is 6.36. The van der Waals surface area contributed by atoms with E-state index in [1.54, 1.807) is 24.3 Å². The minimum atomic E-state index is -0.447. The van der Waals surface area contributed by atoms with Gasteiger partial charge in [-0.2, -0.15) is 0 Å². The van der Waals surface area contributed by atoms with Gasteiger partial charge in [-0.1, -0.05) is 78.9 Å². The number of hydrogen-bond acceptors (Lipinski definition) is 3. The molecule has 0 spiro atoms. The molecule has 1 aliphatic rings. The first-order valence-electron chi connectivity index (χ1n) is 8.29. The van der Waals surface area contributed by atoms with Crippen LogP contribution in [0.2, 0.25) is 0 Å². The molecule has 122 valence electrons. The molecule has 0 saturated carbocycles. The molecule has 1 fully saturated rings. The second-order valence-electron chi connectivity index (χ2n) is 6.09. The number of rotatable bonds is 5. The molecular formula is C22H17NO2. The lowest BCUT2D eigenvalue weighted by molar-refractivity contribution is 0.0948. The maximum absolute atomic E-state index is 12.9. The predicted molar refractivity (Wildman–Crippen MR) is 98.0 cm³/mol. The van der Waals surface area contributed by atoms with Crippen LogP contribution in [-0.2, 0) is 0 Å². The maximum atomic E-state index is 12.9. The van der Waals surface area contributed by atoms with Gasteiger partial charge in [-0.3, -0.25) is 9.59 Å². The van der Waals surface area contributed by atoms with Crippen molar-refractivity contribution in [3.63, 3.8) is 0 Å². The van der Waals surface area contributed by atoms with Crippen LogP contribution in [0.15, 0.2) is 91.0 Å². The molecule has 2 atom stereocenters. The van der Waals surface area contributed by atoms with Crippen molar-refractivity contribution in [2.75, 3.05) is 4.90 Å². The Balaban J connectivity index is 1.68. The van der Waals surface area contributed by atoms with Crippen molar-refractivity contribution in [1.82, 2.24) is 0 Å². The lowest BCUT2D eigenvalue weighted by Gasteiger charge is -2.05. The predicted octanol–water partition coefficient (Wildman–Crippen LogP) is 4.01. The van der Waals surface area contributed by atoms with Crippen molar-refractivity contribution >= 4 is 17.3 Å². The summed E-state index contributed by atoms with van der Waals surface area (Å²) in [6, 6.07) is 27.1. The highest BCUT2D eigenvalue weighted by Crippen LogP contribution is 2.39. The average Bonchev–Trinajstić information content (AvgIpc) is 3.44. The van der Waals surface area contributed by atoms with E-state index in [1.165, 1.54) is 0 Å². The quantitative estimate of drug-likeness (QED) is 0.525. The van der Waals surface area contributed by atoms with Gasteiger partial charge >= 0.3 is 0 Å².